The molecule has 1 atom stereocenters. The van der Waals surface area contributed by atoms with Crippen LogP contribution in [0.25, 0.3) is 0 Å². The Morgan fingerprint density at radius 1 is 1.38 bits per heavy atom. The third kappa shape index (κ3) is 2.67. The van der Waals surface area contributed by atoms with Crippen molar-refractivity contribution in [2.75, 3.05) is 0 Å². The molecule has 0 aliphatic heterocycles. The van der Waals surface area contributed by atoms with E-state index in [0.29, 0.717) is 6.61 Å². The van der Waals surface area contributed by atoms with Crippen molar-refractivity contribution in [3.8, 4) is 0 Å². The number of rotatable bonds is 4. The monoisotopic (exact) mass is 220 g/mol. The van der Waals surface area contributed by atoms with E-state index in [4.69, 9.17) is 4.74 Å². The Hall–Kier alpha value is -1.68. The SMILES string of the molecule is C[C@@H](OCc1ccc(F)cc1)n1ccnc1. The molecule has 0 unspecified atom stereocenters. The van der Waals surface area contributed by atoms with Gasteiger partial charge in [0.05, 0.1) is 12.9 Å². The van der Waals surface area contributed by atoms with Gasteiger partial charge < -0.3 is 9.30 Å². The minimum atomic E-state index is -0.230. The lowest BCUT2D eigenvalue weighted by Crippen LogP contribution is -2.07. The zero-order valence-electron chi connectivity index (χ0n) is 9.01. The van der Waals surface area contributed by atoms with Gasteiger partial charge in [-0.2, -0.15) is 0 Å². The first-order valence-corrected chi connectivity index (χ1v) is 5.09. The third-order valence-corrected chi connectivity index (χ3v) is 2.35. The fraction of sp³-hybridized carbons (Fsp3) is 0.250. The summed E-state index contributed by atoms with van der Waals surface area (Å²) in [5, 5.41) is 0. The summed E-state index contributed by atoms with van der Waals surface area (Å²) in [4.78, 5) is 3.94. The molecule has 0 aliphatic carbocycles. The van der Waals surface area contributed by atoms with Crippen LogP contribution in [-0.4, -0.2) is 9.55 Å². The summed E-state index contributed by atoms with van der Waals surface area (Å²) in [6.45, 7) is 2.39. The highest BCUT2D eigenvalue weighted by molar-refractivity contribution is 5.14. The Morgan fingerprint density at radius 3 is 2.75 bits per heavy atom. The molecule has 0 fully saturated rings. The second-order valence-corrected chi connectivity index (χ2v) is 3.55. The van der Waals surface area contributed by atoms with Crippen LogP contribution >= 0.6 is 0 Å². The molecule has 2 aromatic rings. The fourth-order valence-electron chi connectivity index (χ4n) is 1.37. The molecule has 0 N–H and O–H groups in total. The number of halogens is 1. The van der Waals surface area contributed by atoms with Crippen molar-refractivity contribution in [3.05, 3.63) is 54.4 Å². The van der Waals surface area contributed by atoms with Gasteiger partial charge in [0.15, 0.2) is 0 Å². The smallest absolute Gasteiger partial charge is 0.132 e. The van der Waals surface area contributed by atoms with E-state index in [-0.39, 0.29) is 12.0 Å². The minimum Gasteiger partial charge on any atom is -0.354 e. The van der Waals surface area contributed by atoms with E-state index in [2.05, 4.69) is 4.98 Å². The van der Waals surface area contributed by atoms with Crippen LogP contribution in [0.2, 0.25) is 0 Å². The number of nitrogens with zero attached hydrogens (tertiary/aromatic N) is 2. The van der Waals surface area contributed by atoms with E-state index < -0.39 is 0 Å². The molecule has 3 nitrogen and oxygen atoms in total. The zero-order chi connectivity index (χ0) is 11.4. The number of hydrogen-bond acceptors (Lipinski definition) is 2. The Bertz CT molecular complexity index is 425. The van der Waals surface area contributed by atoms with E-state index in [1.54, 1.807) is 24.7 Å². The van der Waals surface area contributed by atoms with Crippen molar-refractivity contribution in [2.24, 2.45) is 0 Å². The quantitative estimate of drug-likeness (QED) is 0.792. The molecular formula is C12H13FN2O. The van der Waals surface area contributed by atoms with Crippen LogP contribution in [0.4, 0.5) is 4.39 Å². The average Bonchev–Trinajstić information content (AvgIpc) is 2.81. The first kappa shape index (κ1) is 10.8. The van der Waals surface area contributed by atoms with E-state index in [1.165, 1.54) is 12.1 Å². The molecule has 84 valence electrons. The maximum atomic E-state index is 12.7. The molecule has 0 saturated heterocycles. The van der Waals surface area contributed by atoms with Crippen molar-refractivity contribution in [2.45, 2.75) is 19.8 Å². The van der Waals surface area contributed by atoms with Crippen LogP contribution in [0.3, 0.4) is 0 Å². The molecular weight excluding hydrogens is 207 g/mol. The first-order valence-electron chi connectivity index (χ1n) is 5.09. The Kier molecular flexibility index (Phi) is 3.31. The van der Waals surface area contributed by atoms with Gasteiger partial charge in [0.2, 0.25) is 0 Å². The molecule has 0 saturated carbocycles. The normalized spacial score (nSPS) is 12.6. The molecule has 2 rings (SSSR count). The Labute approximate surface area is 93.5 Å². The predicted molar refractivity (Wildman–Crippen MR) is 58.1 cm³/mol. The van der Waals surface area contributed by atoms with Gasteiger partial charge in [-0.1, -0.05) is 12.1 Å². The van der Waals surface area contributed by atoms with E-state index in [9.17, 15) is 4.39 Å². The summed E-state index contributed by atoms with van der Waals surface area (Å²) in [6, 6.07) is 6.30. The van der Waals surface area contributed by atoms with E-state index >= 15 is 0 Å². The van der Waals surface area contributed by atoms with Crippen LogP contribution in [0, 0.1) is 5.82 Å². The van der Waals surface area contributed by atoms with Gasteiger partial charge in [0, 0.05) is 12.4 Å². The van der Waals surface area contributed by atoms with Crippen LogP contribution in [0.15, 0.2) is 43.0 Å². The van der Waals surface area contributed by atoms with Gasteiger partial charge in [-0.15, -0.1) is 0 Å². The van der Waals surface area contributed by atoms with Crippen LogP contribution < -0.4 is 0 Å². The largest absolute Gasteiger partial charge is 0.354 e. The molecule has 1 heterocycles. The number of imidazole rings is 1. The average molecular weight is 220 g/mol. The Balaban J connectivity index is 1.90. The summed E-state index contributed by atoms with van der Waals surface area (Å²) in [6.07, 6.45) is 5.18. The number of ether oxygens (including phenoxy) is 1. The highest BCUT2D eigenvalue weighted by Crippen LogP contribution is 2.11. The van der Waals surface area contributed by atoms with Crippen LogP contribution in [0.1, 0.15) is 18.7 Å². The van der Waals surface area contributed by atoms with Gasteiger partial charge >= 0.3 is 0 Å². The summed E-state index contributed by atoms with van der Waals surface area (Å²) in [7, 11) is 0. The van der Waals surface area contributed by atoms with Gasteiger partial charge in [0.1, 0.15) is 12.0 Å². The molecule has 0 spiro atoms. The molecule has 16 heavy (non-hydrogen) atoms. The van der Waals surface area contributed by atoms with Crippen molar-refractivity contribution < 1.29 is 9.13 Å². The fourth-order valence-corrected chi connectivity index (χ4v) is 1.37. The van der Waals surface area contributed by atoms with Crippen molar-refractivity contribution >= 4 is 0 Å². The van der Waals surface area contributed by atoms with Gasteiger partial charge in [-0.3, -0.25) is 0 Å². The topological polar surface area (TPSA) is 27.1 Å². The second kappa shape index (κ2) is 4.90. The molecule has 1 aromatic heterocycles. The highest BCUT2D eigenvalue weighted by atomic mass is 19.1. The predicted octanol–water partition coefficient (Wildman–Crippen LogP) is 2.76. The van der Waals surface area contributed by atoms with E-state index in [1.807, 2.05) is 17.7 Å². The molecule has 4 heteroatoms. The lowest BCUT2D eigenvalue weighted by molar-refractivity contribution is 0.00398. The Morgan fingerprint density at radius 2 is 2.12 bits per heavy atom. The number of aromatic nitrogens is 2. The molecule has 0 amide bonds. The third-order valence-electron chi connectivity index (χ3n) is 2.35. The van der Waals surface area contributed by atoms with E-state index in [0.717, 1.165) is 5.56 Å². The van der Waals surface area contributed by atoms with Gasteiger partial charge in [-0.25, -0.2) is 9.37 Å². The highest BCUT2D eigenvalue weighted by Gasteiger charge is 2.03. The second-order valence-electron chi connectivity index (χ2n) is 3.55. The molecule has 1 aromatic carbocycles. The number of benzene rings is 1. The molecule has 0 aliphatic rings. The maximum Gasteiger partial charge on any atom is 0.132 e. The van der Waals surface area contributed by atoms with Gasteiger partial charge in [0.25, 0.3) is 0 Å². The summed E-state index contributed by atoms with van der Waals surface area (Å²) in [5.74, 6) is -0.230. The summed E-state index contributed by atoms with van der Waals surface area (Å²) in [5.41, 5.74) is 0.952. The van der Waals surface area contributed by atoms with Gasteiger partial charge in [-0.05, 0) is 24.6 Å². The zero-order valence-corrected chi connectivity index (χ0v) is 9.01. The first-order chi connectivity index (χ1) is 7.75. The summed E-state index contributed by atoms with van der Waals surface area (Å²) >= 11 is 0. The van der Waals surface area contributed by atoms with Crippen molar-refractivity contribution in [3.63, 3.8) is 0 Å². The lowest BCUT2D eigenvalue weighted by atomic mass is 10.2. The van der Waals surface area contributed by atoms with Crippen LogP contribution in [0.5, 0.6) is 0 Å². The maximum absolute atomic E-state index is 12.7. The van der Waals surface area contributed by atoms with Crippen LogP contribution in [-0.2, 0) is 11.3 Å². The summed E-state index contributed by atoms with van der Waals surface area (Å²) < 4.78 is 20.1. The minimum absolute atomic E-state index is 0.0763. The molecule has 0 radical (unpaired) electrons. The molecule has 0 bridgehead atoms. The van der Waals surface area contributed by atoms with Crippen molar-refractivity contribution in [1.82, 2.24) is 9.55 Å². The lowest BCUT2D eigenvalue weighted by Gasteiger charge is -2.14. The standard InChI is InChI=1S/C12H13FN2O/c1-10(15-7-6-14-9-15)16-8-11-2-4-12(13)5-3-11/h2-7,9-10H,8H2,1H3/t10-/m1/s1. The number of hydrogen-bond donors (Lipinski definition) is 0. The van der Waals surface area contributed by atoms with Crippen molar-refractivity contribution in [1.29, 1.82) is 0 Å².